The summed E-state index contributed by atoms with van der Waals surface area (Å²) in [4.78, 5) is 37.1. The number of nitrogens with zero attached hydrogens (tertiary/aromatic N) is 4. The van der Waals surface area contributed by atoms with Crippen molar-refractivity contribution < 1.29 is 19.5 Å². The van der Waals surface area contributed by atoms with Crippen LogP contribution in [0.3, 0.4) is 0 Å². The standard InChI is InChI=1S/C27H23BrClN5O4S/c1-33(13-24(36)37)25(38)16-8-10-21(20(29)12-16)30-23(35)14-39-27-32-31-26(28)34(27)22-11-9-17(15-6-7-15)18-4-2-3-5-19(18)22/h2-5,8-12,15H,6-7,13-14H2,1H3,(H,30,35)(H,36,37). The van der Waals surface area contributed by atoms with Gasteiger partial charge in [0.25, 0.3) is 5.91 Å². The number of nitrogens with one attached hydrogen (secondary N) is 1. The van der Waals surface area contributed by atoms with Crippen LogP contribution in [0, 0.1) is 0 Å². The molecule has 9 nitrogen and oxygen atoms in total. The number of amides is 2. The lowest BCUT2D eigenvalue weighted by Gasteiger charge is -2.15. The van der Waals surface area contributed by atoms with E-state index >= 15 is 0 Å². The minimum Gasteiger partial charge on any atom is -0.480 e. The number of halogens is 2. The van der Waals surface area contributed by atoms with Crippen molar-refractivity contribution in [3.63, 3.8) is 0 Å². The molecular weight excluding hydrogens is 606 g/mol. The summed E-state index contributed by atoms with van der Waals surface area (Å²) in [6, 6.07) is 16.9. The predicted molar refractivity (Wildman–Crippen MR) is 154 cm³/mol. The highest BCUT2D eigenvalue weighted by molar-refractivity contribution is 9.10. The van der Waals surface area contributed by atoms with E-state index in [2.05, 4.69) is 55.7 Å². The lowest BCUT2D eigenvalue weighted by atomic mass is 9.99. The Morgan fingerprint density at radius 1 is 1.13 bits per heavy atom. The van der Waals surface area contributed by atoms with Crippen molar-refractivity contribution in [2.75, 3.05) is 24.7 Å². The fourth-order valence-electron chi connectivity index (χ4n) is 4.36. The van der Waals surface area contributed by atoms with Crippen LogP contribution in [0.5, 0.6) is 0 Å². The molecule has 4 aromatic rings. The topological polar surface area (TPSA) is 117 Å². The molecule has 3 aromatic carbocycles. The van der Waals surface area contributed by atoms with Gasteiger partial charge >= 0.3 is 5.97 Å². The van der Waals surface area contributed by atoms with Crippen molar-refractivity contribution in [1.29, 1.82) is 0 Å². The molecule has 0 radical (unpaired) electrons. The number of aromatic nitrogens is 3. The molecule has 0 aliphatic heterocycles. The van der Waals surface area contributed by atoms with Crippen LogP contribution in [0.15, 0.2) is 64.5 Å². The number of hydrogen-bond acceptors (Lipinski definition) is 6. The van der Waals surface area contributed by atoms with E-state index in [-0.39, 0.29) is 22.2 Å². The van der Waals surface area contributed by atoms with E-state index in [0.717, 1.165) is 16.0 Å². The largest absolute Gasteiger partial charge is 0.480 e. The van der Waals surface area contributed by atoms with Gasteiger partial charge in [-0.3, -0.25) is 19.0 Å². The first-order chi connectivity index (χ1) is 18.7. The summed E-state index contributed by atoms with van der Waals surface area (Å²) in [7, 11) is 1.39. The van der Waals surface area contributed by atoms with Crippen molar-refractivity contribution in [2.45, 2.75) is 23.9 Å². The summed E-state index contributed by atoms with van der Waals surface area (Å²) in [6.45, 7) is -0.437. The number of anilines is 1. The molecular formula is C27H23BrClN5O4S. The van der Waals surface area contributed by atoms with Gasteiger partial charge in [0.05, 0.1) is 22.2 Å². The van der Waals surface area contributed by atoms with Crippen molar-refractivity contribution in [2.24, 2.45) is 0 Å². The number of carboxylic acids is 1. The molecule has 1 aliphatic carbocycles. The number of likely N-dealkylation sites (N-methyl/N-ethyl adjacent to an activating group) is 1. The monoisotopic (exact) mass is 627 g/mol. The lowest BCUT2D eigenvalue weighted by Crippen LogP contribution is -2.31. The molecule has 0 unspecified atom stereocenters. The number of carbonyl (C=O) groups is 3. The summed E-state index contributed by atoms with van der Waals surface area (Å²) >= 11 is 11.0. The number of carbonyl (C=O) groups excluding carboxylic acids is 2. The third kappa shape index (κ3) is 5.95. The van der Waals surface area contributed by atoms with Gasteiger partial charge in [-0.25, -0.2) is 0 Å². The lowest BCUT2D eigenvalue weighted by molar-refractivity contribution is -0.137. The van der Waals surface area contributed by atoms with Gasteiger partial charge in [0.1, 0.15) is 6.54 Å². The molecule has 12 heteroatoms. The molecule has 1 aliphatic rings. The van der Waals surface area contributed by atoms with Crippen molar-refractivity contribution >= 4 is 73.5 Å². The Morgan fingerprint density at radius 3 is 2.56 bits per heavy atom. The Balaban J connectivity index is 1.30. The third-order valence-electron chi connectivity index (χ3n) is 6.33. The second kappa shape index (κ2) is 11.4. The second-order valence-corrected chi connectivity index (χ2v) is 11.2. The summed E-state index contributed by atoms with van der Waals surface area (Å²) in [6.07, 6.45) is 2.42. The van der Waals surface area contributed by atoms with Gasteiger partial charge in [-0.2, -0.15) is 0 Å². The zero-order chi connectivity index (χ0) is 27.7. The Morgan fingerprint density at radius 2 is 1.87 bits per heavy atom. The van der Waals surface area contributed by atoms with Gasteiger partial charge in [-0.1, -0.05) is 53.7 Å². The van der Waals surface area contributed by atoms with E-state index < -0.39 is 18.4 Å². The van der Waals surface area contributed by atoms with Crippen LogP contribution in [0.2, 0.25) is 5.02 Å². The fraction of sp³-hybridized carbons (Fsp3) is 0.222. The minimum absolute atomic E-state index is 0.0432. The quantitative estimate of drug-likeness (QED) is 0.232. The molecule has 0 saturated heterocycles. The number of thioether (sulfide) groups is 1. The highest BCUT2D eigenvalue weighted by Crippen LogP contribution is 2.44. The SMILES string of the molecule is CN(CC(=O)O)C(=O)c1ccc(NC(=O)CSc2nnc(Br)n2-c2ccc(C3CC3)c3ccccc23)c(Cl)c1. The first-order valence-electron chi connectivity index (χ1n) is 12.1. The molecule has 0 spiro atoms. The van der Waals surface area contributed by atoms with Crippen LogP contribution in [0.1, 0.15) is 34.7 Å². The van der Waals surface area contributed by atoms with Gasteiger partial charge < -0.3 is 15.3 Å². The number of benzene rings is 3. The predicted octanol–water partition coefficient (Wildman–Crippen LogP) is 5.60. The van der Waals surface area contributed by atoms with E-state index in [0.29, 0.717) is 21.5 Å². The summed E-state index contributed by atoms with van der Waals surface area (Å²) in [5.41, 5.74) is 2.83. The zero-order valence-electron chi connectivity index (χ0n) is 20.7. The number of carboxylic acid groups (broad SMARTS) is 1. The number of fused-ring (bicyclic) bond motifs is 1. The highest BCUT2D eigenvalue weighted by atomic mass is 79.9. The summed E-state index contributed by atoms with van der Waals surface area (Å²) in [5.74, 6) is -1.28. The van der Waals surface area contributed by atoms with Crippen LogP contribution in [-0.2, 0) is 9.59 Å². The number of rotatable bonds is 9. The van der Waals surface area contributed by atoms with Crippen LogP contribution >= 0.6 is 39.3 Å². The smallest absolute Gasteiger partial charge is 0.323 e. The van der Waals surface area contributed by atoms with Crippen LogP contribution < -0.4 is 5.32 Å². The Bertz CT molecular complexity index is 1610. The van der Waals surface area contributed by atoms with Gasteiger partial charge in [0.15, 0.2) is 5.16 Å². The maximum atomic E-state index is 12.8. The van der Waals surface area contributed by atoms with E-state index in [4.69, 9.17) is 16.7 Å². The number of aliphatic carboxylic acids is 1. The molecule has 39 heavy (non-hydrogen) atoms. The van der Waals surface area contributed by atoms with Crippen LogP contribution in [-0.4, -0.2) is 61.9 Å². The molecule has 0 atom stereocenters. The molecule has 5 rings (SSSR count). The first kappa shape index (κ1) is 27.2. The van der Waals surface area contributed by atoms with Crippen molar-refractivity contribution in [1.82, 2.24) is 19.7 Å². The molecule has 1 heterocycles. The van der Waals surface area contributed by atoms with Gasteiger partial charge in [0, 0.05) is 18.0 Å². The fourth-order valence-corrected chi connectivity index (χ4v) is 5.89. The van der Waals surface area contributed by atoms with Crippen LogP contribution in [0.4, 0.5) is 5.69 Å². The molecule has 2 N–H and O–H groups in total. The Hall–Kier alpha value is -3.41. The molecule has 1 aromatic heterocycles. The van der Waals surface area contributed by atoms with E-state index in [1.165, 1.54) is 60.8 Å². The average Bonchev–Trinajstić information content (AvgIpc) is 3.69. The highest BCUT2D eigenvalue weighted by Gasteiger charge is 2.26. The molecule has 1 saturated carbocycles. The maximum Gasteiger partial charge on any atom is 0.323 e. The third-order valence-corrected chi connectivity index (χ3v) is 8.08. The van der Waals surface area contributed by atoms with Crippen molar-refractivity contribution in [3.05, 3.63) is 75.5 Å². The average molecular weight is 629 g/mol. The zero-order valence-corrected chi connectivity index (χ0v) is 23.9. The summed E-state index contributed by atoms with van der Waals surface area (Å²) < 4.78 is 2.42. The first-order valence-corrected chi connectivity index (χ1v) is 14.2. The van der Waals surface area contributed by atoms with Crippen molar-refractivity contribution in [3.8, 4) is 5.69 Å². The number of hydrogen-bond donors (Lipinski definition) is 2. The Kier molecular flexibility index (Phi) is 7.92. The Labute approximate surface area is 241 Å². The van der Waals surface area contributed by atoms with Gasteiger partial charge in [-0.15, -0.1) is 10.2 Å². The molecule has 200 valence electrons. The summed E-state index contributed by atoms with van der Waals surface area (Å²) in [5, 5.41) is 23.1. The van der Waals surface area contributed by atoms with E-state index in [1.54, 1.807) is 0 Å². The molecule has 2 amide bonds. The van der Waals surface area contributed by atoms with E-state index in [9.17, 15) is 14.4 Å². The maximum absolute atomic E-state index is 12.8. The van der Waals surface area contributed by atoms with E-state index in [1.807, 2.05) is 16.7 Å². The normalized spacial score (nSPS) is 12.9. The second-order valence-electron chi connectivity index (χ2n) is 9.17. The molecule has 0 bridgehead atoms. The molecule has 1 fully saturated rings. The van der Waals surface area contributed by atoms with Gasteiger partial charge in [-0.05, 0) is 69.9 Å². The van der Waals surface area contributed by atoms with Crippen LogP contribution in [0.25, 0.3) is 16.5 Å². The minimum atomic E-state index is -1.12. The van der Waals surface area contributed by atoms with Gasteiger partial charge in [0.2, 0.25) is 10.6 Å².